The standard InChI is InChI=1S/C11H11FN4/c1-7-3-2-4-8(12)11(7)16-10-6-14-9(13)5-15-10/h2-6H,1H3,(H2,13,14)(H,15,16). The highest BCUT2D eigenvalue weighted by molar-refractivity contribution is 5.60. The minimum absolute atomic E-state index is 0.321. The molecule has 16 heavy (non-hydrogen) atoms. The van der Waals surface area contributed by atoms with E-state index in [0.717, 1.165) is 5.56 Å². The van der Waals surface area contributed by atoms with E-state index in [-0.39, 0.29) is 5.82 Å². The lowest BCUT2D eigenvalue weighted by molar-refractivity contribution is 0.631. The van der Waals surface area contributed by atoms with Crippen LogP contribution >= 0.6 is 0 Å². The maximum Gasteiger partial charge on any atom is 0.149 e. The van der Waals surface area contributed by atoms with Gasteiger partial charge in [0.05, 0.1) is 18.1 Å². The van der Waals surface area contributed by atoms with Crippen molar-refractivity contribution in [2.45, 2.75) is 6.92 Å². The Balaban J connectivity index is 2.30. The van der Waals surface area contributed by atoms with Crippen molar-refractivity contribution in [3.05, 3.63) is 42.0 Å². The molecule has 4 nitrogen and oxygen atoms in total. The fourth-order valence-electron chi connectivity index (χ4n) is 1.32. The van der Waals surface area contributed by atoms with E-state index in [2.05, 4.69) is 15.3 Å². The van der Waals surface area contributed by atoms with Crippen LogP contribution in [0.3, 0.4) is 0 Å². The number of anilines is 3. The smallest absolute Gasteiger partial charge is 0.149 e. The Hall–Kier alpha value is -2.17. The Kier molecular flexibility index (Phi) is 2.68. The molecule has 0 aliphatic rings. The molecule has 0 aliphatic carbocycles. The summed E-state index contributed by atoms with van der Waals surface area (Å²) in [5.74, 6) is 0.469. The molecule has 0 spiro atoms. The molecule has 0 bridgehead atoms. The van der Waals surface area contributed by atoms with E-state index in [4.69, 9.17) is 5.73 Å². The Morgan fingerprint density at radius 3 is 2.69 bits per heavy atom. The zero-order valence-electron chi connectivity index (χ0n) is 8.74. The van der Waals surface area contributed by atoms with Crippen molar-refractivity contribution >= 4 is 17.3 Å². The molecule has 0 fully saturated rings. The number of nitrogens with two attached hydrogens (primary N) is 1. The first-order valence-electron chi connectivity index (χ1n) is 4.76. The Bertz CT molecular complexity index is 476. The number of hydrogen-bond donors (Lipinski definition) is 2. The summed E-state index contributed by atoms with van der Waals surface area (Å²) in [5, 5.41) is 2.86. The summed E-state index contributed by atoms with van der Waals surface area (Å²) in [6.45, 7) is 1.82. The van der Waals surface area contributed by atoms with Crippen molar-refractivity contribution < 1.29 is 4.39 Å². The molecular formula is C11H11FN4. The third kappa shape index (κ3) is 2.08. The van der Waals surface area contributed by atoms with Crippen molar-refractivity contribution in [1.29, 1.82) is 0 Å². The van der Waals surface area contributed by atoms with Crippen molar-refractivity contribution in [2.75, 3.05) is 11.1 Å². The summed E-state index contributed by atoms with van der Waals surface area (Å²) in [6, 6.07) is 4.86. The highest BCUT2D eigenvalue weighted by atomic mass is 19.1. The van der Waals surface area contributed by atoms with Gasteiger partial charge in [0.25, 0.3) is 0 Å². The van der Waals surface area contributed by atoms with Gasteiger partial charge in [0.15, 0.2) is 0 Å². The van der Waals surface area contributed by atoms with Crippen molar-refractivity contribution in [2.24, 2.45) is 0 Å². The number of para-hydroxylation sites is 1. The predicted octanol–water partition coefficient (Wildman–Crippen LogP) is 2.25. The van der Waals surface area contributed by atoms with E-state index < -0.39 is 0 Å². The van der Waals surface area contributed by atoms with Crippen molar-refractivity contribution in [3.63, 3.8) is 0 Å². The van der Waals surface area contributed by atoms with Crippen LogP contribution < -0.4 is 11.1 Å². The molecule has 82 valence electrons. The Morgan fingerprint density at radius 2 is 2.06 bits per heavy atom. The van der Waals surface area contributed by atoms with E-state index in [1.54, 1.807) is 6.07 Å². The van der Waals surface area contributed by atoms with Crippen LogP contribution in [0.5, 0.6) is 0 Å². The van der Waals surface area contributed by atoms with Crippen LogP contribution in [-0.2, 0) is 0 Å². The lowest BCUT2D eigenvalue weighted by Crippen LogP contribution is -2.00. The number of hydrogen-bond acceptors (Lipinski definition) is 4. The molecule has 0 unspecified atom stereocenters. The number of aromatic nitrogens is 2. The van der Waals surface area contributed by atoms with Gasteiger partial charge < -0.3 is 11.1 Å². The maximum absolute atomic E-state index is 13.5. The molecule has 1 heterocycles. The van der Waals surface area contributed by atoms with Gasteiger partial charge in [-0.05, 0) is 18.6 Å². The zero-order valence-corrected chi connectivity index (χ0v) is 8.74. The SMILES string of the molecule is Cc1cccc(F)c1Nc1cnc(N)cn1. The number of benzene rings is 1. The lowest BCUT2D eigenvalue weighted by Gasteiger charge is -2.09. The van der Waals surface area contributed by atoms with Gasteiger partial charge in [-0.1, -0.05) is 12.1 Å². The van der Waals surface area contributed by atoms with Crippen LogP contribution in [0, 0.1) is 12.7 Å². The number of aryl methyl sites for hydroxylation is 1. The third-order valence-electron chi connectivity index (χ3n) is 2.15. The van der Waals surface area contributed by atoms with Crippen LogP contribution in [0.15, 0.2) is 30.6 Å². The average molecular weight is 218 g/mol. The summed E-state index contributed by atoms with van der Waals surface area (Å²) in [4.78, 5) is 7.86. The molecular weight excluding hydrogens is 207 g/mol. The highest BCUT2D eigenvalue weighted by Crippen LogP contribution is 2.22. The van der Waals surface area contributed by atoms with Gasteiger partial charge in [-0.15, -0.1) is 0 Å². The molecule has 1 aromatic heterocycles. The van der Waals surface area contributed by atoms with Crippen molar-refractivity contribution in [1.82, 2.24) is 9.97 Å². The van der Waals surface area contributed by atoms with Crippen LogP contribution in [0.4, 0.5) is 21.7 Å². The Morgan fingerprint density at radius 1 is 1.25 bits per heavy atom. The normalized spacial score (nSPS) is 10.1. The van der Waals surface area contributed by atoms with E-state index >= 15 is 0 Å². The first kappa shape index (κ1) is 10.4. The molecule has 2 rings (SSSR count). The number of nitrogens with one attached hydrogen (secondary N) is 1. The van der Waals surface area contributed by atoms with E-state index in [1.807, 2.05) is 13.0 Å². The first-order chi connectivity index (χ1) is 7.66. The molecule has 0 saturated carbocycles. The average Bonchev–Trinajstić information content (AvgIpc) is 2.26. The Labute approximate surface area is 92.3 Å². The van der Waals surface area contributed by atoms with Gasteiger partial charge in [-0.3, -0.25) is 0 Å². The molecule has 0 atom stereocenters. The summed E-state index contributed by atoms with van der Waals surface area (Å²) in [6.07, 6.45) is 2.87. The van der Waals surface area contributed by atoms with Crippen LogP contribution in [0.1, 0.15) is 5.56 Å². The molecule has 0 radical (unpaired) electrons. The van der Waals surface area contributed by atoms with Gasteiger partial charge in [0, 0.05) is 0 Å². The number of rotatable bonds is 2. The topological polar surface area (TPSA) is 63.8 Å². The third-order valence-corrected chi connectivity index (χ3v) is 2.15. The second-order valence-corrected chi connectivity index (χ2v) is 3.38. The first-order valence-corrected chi connectivity index (χ1v) is 4.76. The quantitative estimate of drug-likeness (QED) is 0.811. The molecule has 0 saturated heterocycles. The predicted molar refractivity (Wildman–Crippen MR) is 60.9 cm³/mol. The molecule has 5 heteroatoms. The highest BCUT2D eigenvalue weighted by Gasteiger charge is 2.05. The van der Waals surface area contributed by atoms with Crippen LogP contribution in [0.25, 0.3) is 0 Å². The maximum atomic E-state index is 13.5. The molecule has 0 amide bonds. The van der Waals surface area contributed by atoms with Gasteiger partial charge >= 0.3 is 0 Å². The molecule has 2 aromatic rings. The van der Waals surface area contributed by atoms with Gasteiger partial charge in [-0.25, -0.2) is 14.4 Å². The monoisotopic (exact) mass is 218 g/mol. The van der Waals surface area contributed by atoms with Crippen LogP contribution in [0.2, 0.25) is 0 Å². The fraction of sp³-hybridized carbons (Fsp3) is 0.0909. The van der Waals surface area contributed by atoms with Gasteiger partial charge in [-0.2, -0.15) is 0 Å². The fourth-order valence-corrected chi connectivity index (χ4v) is 1.32. The van der Waals surface area contributed by atoms with E-state index in [0.29, 0.717) is 17.3 Å². The van der Waals surface area contributed by atoms with Gasteiger partial charge in [0.1, 0.15) is 17.5 Å². The minimum atomic E-state index is -0.321. The van der Waals surface area contributed by atoms with Crippen LogP contribution in [-0.4, -0.2) is 9.97 Å². The van der Waals surface area contributed by atoms with E-state index in [1.165, 1.54) is 18.5 Å². The second kappa shape index (κ2) is 4.14. The molecule has 3 N–H and O–H groups in total. The largest absolute Gasteiger partial charge is 0.382 e. The summed E-state index contributed by atoms with van der Waals surface area (Å²) in [7, 11) is 0. The van der Waals surface area contributed by atoms with Crippen molar-refractivity contribution in [3.8, 4) is 0 Å². The lowest BCUT2D eigenvalue weighted by atomic mass is 10.2. The second-order valence-electron chi connectivity index (χ2n) is 3.38. The number of nitrogen functional groups attached to an aromatic ring is 1. The summed E-state index contributed by atoms with van der Waals surface area (Å²) < 4.78 is 13.5. The zero-order chi connectivity index (χ0) is 11.5. The summed E-state index contributed by atoms with van der Waals surface area (Å²) >= 11 is 0. The van der Waals surface area contributed by atoms with E-state index in [9.17, 15) is 4.39 Å². The summed E-state index contributed by atoms with van der Waals surface area (Å²) in [5.41, 5.74) is 6.61. The molecule has 1 aromatic carbocycles. The number of halogens is 1. The molecule has 0 aliphatic heterocycles. The number of nitrogens with zero attached hydrogens (tertiary/aromatic N) is 2. The minimum Gasteiger partial charge on any atom is -0.382 e. The van der Waals surface area contributed by atoms with Gasteiger partial charge in [0.2, 0.25) is 0 Å².